The van der Waals surface area contributed by atoms with Crippen LogP contribution in [0.15, 0.2) is 146 Å². The molecule has 6 N–H and O–H groups in total. The number of allylic oxidation sites excluding steroid dienone is 24. The maximum absolute atomic E-state index is 13.0. The number of carbonyl (C=O) groups is 1. The zero-order valence-electron chi connectivity index (χ0n) is 47.7. The van der Waals surface area contributed by atoms with Gasteiger partial charge in [0.2, 0.25) is 5.91 Å². The minimum atomic E-state index is -1.57. The van der Waals surface area contributed by atoms with Crippen LogP contribution in [0.1, 0.15) is 213 Å². The summed E-state index contributed by atoms with van der Waals surface area (Å²) in [4.78, 5) is 13.0. The molecular formula is C67H109NO8. The van der Waals surface area contributed by atoms with E-state index in [-0.39, 0.29) is 12.5 Å². The van der Waals surface area contributed by atoms with Crippen molar-refractivity contribution in [1.29, 1.82) is 0 Å². The molecule has 1 aliphatic rings. The van der Waals surface area contributed by atoms with Gasteiger partial charge in [-0.05, 0) is 103 Å². The Labute approximate surface area is 463 Å². The van der Waals surface area contributed by atoms with Crippen molar-refractivity contribution in [3.05, 3.63) is 146 Å². The summed E-state index contributed by atoms with van der Waals surface area (Å²) in [6.07, 6.45) is 77.4. The average molecular weight is 1060 g/mol. The Balaban J connectivity index is 2.17. The van der Waals surface area contributed by atoms with Crippen LogP contribution >= 0.6 is 0 Å². The second-order valence-corrected chi connectivity index (χ2v) is 20.1. The predicted molar refractivity (Wildman–Crippen MR) is 322 cm³/mol. The first-order valence-electron chi connectivity index (χ1n) is 30.0. The number of nitrogens with one attached hydrogen (secondary N) is 1. The van der Waals surface area contributed by atoms with Crippen molar-refractivity contribution in [2.45, 2.75) is 256 Å². The smallest absolute Gasteiger partial charge is 0.220 e. The molecular weight excluding hydrogens is 947 g/mol. The van der Waals surface area contributed by atoms with E-state index < -0.39 is 49.5 Å². The molecule has 0 aromatic carbocycles. The van der Waals surface area contributed by atoms with Crippen LogP contribution in [-0.4, -0.2) is 87.5 Å². The van der Waals surface area contributed by atoms with Crippen molar-refractivity contribution in [3.8, 4) is 0 Å². The second-order valence-electron chi connectivity index (χ2n) is 20.1. The lowest BCUT2D eigenvalue weighted by atomic mass is 9.99. The molecule has 7 atom stereocenters. The number of aliphatic hydroxyl groups is 5. The zero-order chi connectivity index (χ0) is 55.0. The quantitative estimate of drug-likeness (QED) is 0.0261. The van der Waals surface area contributed by atoms with Crippen LogP contribution in [0.5, 0.6) is 0 Å². The molecule has 0 spiro atoms. The van der Waals surface area contributed by atoms with E-state index in [0.29, 0.717) is 12.8 Å². The molecule has 0 radical (unpaired) electrons. The zero-order valence-corrected chi connectivity index (χ0v) is 47.7. The number of amides is 1. The molecule has 76 heavy (non-hydrogen) atoms. The molecule has 1 aliphatic heterocycles. The number of hydrogen-bond donors (Lipinski definition) is 6. The first kappa shape index (κ1) is 70.1. The Morgan fingerprint density at radius 1 is 0.461 bits per heavy atom. The first-order chi connectivity index (χ1) is 37.3. The Hall–Kier alpha value is -3.93. The molecule has 0 saturated carbocycles. The average Bonchev–Trinajstić information content (AvgIpc) is 3.42. The fourth-order valence-corrected chi connectivity index (χ4v) is 8.49. The highest BCUT2D eigenvalue weighted by Gasteiger charge is 2.44. The van der Waals surface area contributed by atoms with Crippen molar-refractivity contribution in [2.75, 3.05) is 13.2 Å². The lowest BCUT2D eigenvalue weighted by Gasteiger charge is -2.40. The summed E-state index contributed by atoms with van der Waals surface area (Å²) in [6, 6.07) is -0.742. The lowest BCUT2D eigenvalue weighted by molar-refractivity contribution is -0.302. The highest BCUT2D eigenvalue weighted by Crippen LogP contribution is 2.23. The topological polar surface area (TPSA) is 149 Å². The summed E-state index contributed by atoms with van der Waals surface area (Å²) in [5.41, 5.74) is 0. The molecule has 1 saturated heterocycles. The third kappa shape index (κ3) is 43.1. The standard InChI is InChI=1S/C67H109NO8/c1-3-5-7-9-11-13-15-17-18-19-20-21-22-23-24-25-26-27-28-29-30-31-32-33-34-35-36-37-38-39-40-41-42-43-44-45-47-49-51-53-55-57-63(71)68-60(59-75-67-66(74)65(73)64(72)62(58-69)76-67)61(70)56-54-52-50-48-46-16-14-12-10-8-6-4-2/h5,7,11,13,17-18,20-21,23-24,26-27,29-30,32-33,35-36,38-39,41-42,44-45,60-62,64-67,69-70,72-74H,3-4,6,8-10,12,14-16,19,22,25,28,31,34,37,40,43,46-59H2,1-2H3,(H,68,71)/b7-5-,13-11-,18-17-,21-20-,24-23-,27-26-,30-29-,33-32-,36-35-,39-38-,42-41-,45-44-. The molecule has 0 aromatic rings. The van der Waals surface area contributed by atoms with Crippen molar-refractivity contribution >= 4 is 5.91 Å². The van der Waals surface area contributed by atoms with Crippen molar-refractivity contribution < 1.29 is 39.8 Å². The van der Waals surface area contributed by atoms with Gasteiger partial charge < -0.3 is 40.3 Å². The fourth-order valence-electron chi connectivity index (χ4n) is 8.49. The molecule has 1 amide bonds. The van der Waals surface area contributed by atoms with Gasteiger partial charge in [-0.1, -0.05) is 250 Å². The van der Waals surface area contributed by atoms with Crippen LogP contribution in [0.4, 0.5) is 0 Å². The first-order valence-corrected chi connectivity index (χ1v) is 30.0. The van der Waals surface area contributed by atoms with E-state index in [0.717, 1.165) is 128 Å². The number of ether oxygens (including phenoxy) is 2. The van der Waals surface area contributed by atoms with Gasteiger partial charge in [-0.25, -0.2) is 0 Å². The number of rotatable bonds is 49. The molecule has 1 fully saturated rings. The molecule has 1 rings (SSSR count). The van der Waals surface area contributed by atoms with Crippen molar-refractivity contribution in [2.24, 2.45) is 0 Å². The number of aliphatic hydroxyl groups excluding tert-OH is 5. The monoisotopic (exact) mass is 1060 g/mol. The summed E-state index contributed by atoms with van der Waals surface area (Å²) in [5.74, 6) is -0.176. The SMILES string of the molecule is CC/C=C\C/C=C\C/C=C\C/C=C\C/C=C\C/C=C\C/C=C\C/C=C\C/C=C\C/C=C\C/C=C\C/C=C\CCCCCCC(=O)NC(COC1OC(CO)C(O)C(O)C1O)C(O)CCCCCCCCCCCCCC. The fraction of sp³-hybridized carbons (Fsp3) is 0.627. The highest BCUT2D eigenvalue weighted by atomic mass is 16.7. The third-order valence-electron chi connectivity index (χ3n) is 13.2. The molecule has 9 nitrogen and oxygen atoms in total. The predicted octanol–water partition coefficient (Wildman–Crippen LogP) is 15.5. The van der Waals surface area contributed by atoms with E-state index >= 15 is 0 Å². The summed E-state index contributed by atoms with van der Waals surface area (Å²) >= 11 is 0. The van der Waals surface area contributed by atoms with Gasteiger partial charge in [0, 0.05) is 6.42 Å². The Kier molecular flexibility index (Phi) is 50.2. The second kappa shape index (κ2) is 54.4. The third-order valence-corrected chi connectivity index (χ3v) is 13.2. The maximum Gasteiger partial charge on any atom is 0.220 e. The molecule has 0 aromatic heterocycles. The summed E-state index contributed by atoms with van der Waals surface area (Å²) in [7, 11) is 0. The number of carbonyl (C=O) groups excluding carboxylic acids is 1. The van der Waals surface area contributed by atoms with Crippen LogP contribution in [0, 0.1) is 0 Å². The molecule has 7 unspecified atom stereocenters. The molecule has 0 aliphatic carbocycles. The van der Waals surface area contributed by atoms with Crippen LogP contribution in [0.3, 0.4) is 0 Å². The summed E-state index contributed by atoms with van der Waals surface area (Å²) < 4.78 is 11.3. The van der Waals surface area contributed by atoms with E-state index in [9.17, 15) is 30.3 Å². The van der Waals surface area contributed by atoms with E-state index in [2.05, 4.69) is 165 Å². The minimum Gasteiger partial charge on any atom is -0.394 e. The van der Waals surface area contributed by atoms with Crippen LogP contribution in [0.2, 0.25) is 0 Å². The van der Waals surface area contributed by atoms with Gasteiger partial charge in [-0.2, -0.15) is 0 Å². The van der Waals surface area contributed by atoms with Crippen molar-refractivity contribution in [3.63, 3.8) is 0 Å². The number of hydrogen-bond acceptors (Lipinski definition) is 8. The van der Waals surface area contributed by atoms with E-state index in [1.54, 1.807) is 0 Å². The van der Waals surface area contributed by atoms with Gasteiger partial charge in [-0.3, -0.25) is 4.79 Å². The lowest BCUT2D eigenvalue weighted by Crippen LogP contribution is -2.60. The molecule has 430 valence electrons. The molecule has 0 bridgehead atoms. The van der Waals surface area contributed by atoms with Crippen molar-refractivity contribution in [1.82, 2.24) is 5.32 Å². The minimum absolute atomic E-state index is 0.157. The normalized spacial score (nSPS) is 19.9. The van der Waals surface area contributed by atoms with Gasteiger partial charge >= 0.3 is 0 Å². The highest BCUT2D eigenvalue weighted by molar-refractivity contribution is 5.76. The van der Waals surface area contributed by atoms with E-state index in [1.807, 2.05) is 0 Å². The molecule has 9 heteroatoms. The van der Waals surface area contributed by atoms with Crippen LogP contribution in [0.25, 0.3) is 0 Å². The maximum atomic E-state index is 13.0. The van der Waals surface area contributed by atoms with Gasteiger partial charge in [0.1, 0.15) is 24.4 Å². The van der Waals surface area contributed by atoms with Gasteiger partial charge in [0.15, 0.2) is 6.29 Å². The van der Waals surface area contributed by atoms with Crippen LogP contribution in [-0.2, 0) is 14.3 Å². The van der Waals surface area contributed by atoms with Gasteiger partial charge in [0.05, 0.1) is 25.4 Å². The number of unbranched alkanes of at least 4 members (excludes halogenated alkanes) is 15. The Morgan fingerprint density at radius 2 is 0.816 bits per heavy atom. The van der Waals surface area contributed by atoms with Crippen LogP contribution < -0.4 is 5.32 Å². The Morgan fingerprint density at radius 3 is 1.21 bits per heavy atom. The Bertz CT molecular complexity index is 1700. The van der Waals surface area contributed by atoms with E-state index in [1.165, 1.54) is 57.8 Å². The largest absolute Gasteiger partial charge is 0.394 e. The van der Waals surface area contributed by atoms with Gasteiger partial charge in [0.25, 0.3) is 0 Å². The molecule has 1 heterocycles. The van der Waals surface area contributed by atoms with E-state index in [4.69, 9.17) is 9.47 Å². The summed E-state index contributed by atoms with van der Waals surface area (Å²) in [6.45, 7) is 3.68. The summed E-state index contributed by atoms with van der Waals surface area (Å²) in [5, 5.41) is 54.5. The van der Waals surface area contributed by atoms with Gasteiger partial charge in [-0.15, -0.1) is 0 Å².